The number of anilines is 3. The van der Waals surface area contributed by atoms with Crippen LogP contribution in [0.2, 0.25) is 10.3 Å². The molecule has 0 radical (unpaired) electrons. The number of aliphatic hydroxyl groups is 1. The highest BCUT2D eigenvalue weighted by Gasteiger charge is 2.56. The van der Waals surface area contributed by atoms with Gasteiger partial charge in [0.05, 0.1) is 103 Å². The Labute approximate surface area is 591 Å². The van der Waals surface area contributed by atoms with Gasteiger partial charge in [-0.2, -0.15) is 20.7 Å². The maximum Gasteiger partial charge on any atom is 0.514 e. The number of nitrogens with one attached hydrogen (secondary N) is 6. The second-order valence-electron chi connectivity index (χ2n) is 29.2. The Morgan fingerprint density at radius 1 is 0.557 bits per heavy atom. The fraction of sp³-hybridized carbons (Fsp3) is 0.486. The van der Waals surface area contributed by atoms with Crippen LogP contribution in [0.1, 0.15) is 188 Å². The minimum atomic E-state index is -0.456. The Bertz CT molecular complexity index is 4220. The van der Waals surface area contributed by atoms with Crippen molar-refractivity contribution >= 4 is 93.3 Å². The maximum atomic E-state index is 13.0. The number of hydrogen-bond donors (Lipinski definition) is 7. The van der Waals surface area contributed by atoms with Crippen molar-refractivity contribution in [1.82, 2.24) is 50.1 Å². The first-order chi connectivity index (χ1) is 45.4. The summed E-state index contributed by atoms with van der Waals surface area (Å²) in [5, 5.41) is 55.8. The SMILES string of the molecule is CC(C)Nc1cc(-c2ccc3cc(C#N)cnn23)ncc1C(=O)NC1CC2(CC(=O)C2)C1.CC(C)Nc1cc(Cl)ncc1C(=O)NC1CC2(CC(=O)C2)C1.CC(C)Nc1cc(Cl)ncc1C(=O)NC1CC2(CC(O)C2)C1.CC1(C)OB(c2ccc3cc(C#N)cnn23)OC1(C)C.[I-]. The second-order valence-corrected chi connectivity index (χ2v) is 29.9. The lowest BCUT2D eigenvalue weighted by molar-refractivity contribution is -0.140. The molecule has 14 rings (SSSR count). The molecular formula is C70H82BCl2IN15O8-. The summed E-state index contributed by atoms with van der Waals surface area (Å²) in [6.45, 7) is 20.1. The summed E-state index contributed by atoms with van der Waals surface area (Å²) in [5.41, 5.74) is 8.46. The largest absolute Gasteiger partial charge is 1.00 e. The number of hydrogen-bond acceptors (Lipinski definition) is 18. The van der Waals surface area contributed by atoms with Gasteiger partial charge < -0.3 is 70.3 Å². The zero-order chi connectivity index (χ0) is 68.8. The van der Waals surface area contributed by atoms with Crippen molar-refractivity contribution in [2.24, 2.45) is 16.2 Å². The molecule has 7 aromatic rings. The minimum Gasteiger partial charge on any atom is -1.00 e. The third-order valence-electron chi connectivity index (χ3n) is 19.5. The van der Waals surface area contributed by atoms with E-state index in [1.165, 1.54) is 18.6 Å². The first kappa shape index (κ1) is 72.0. The summed E-state index contributed by atoms with van der Waals surface area (Å²) in [6.07, 6.45) is 17.4. The molecule has 7 N–H and O–H groups in total. The molecule has 3 amide bonds. The number of rotatable bonds is 14. The van der Waals surface area contributed by atoms with Gasteiger partial charge in [0.25, 0.3) is 17.7 Å². The lowest BCUT2D eigenvalue weighted by atomic mass is 9.53. The van der Waals surface area contributed by atoms with Gasteiger partial charge in [-0.15, -0.1) is 0 Å². The number of amides is 3. The zero-order valence-electron chi connectivity index (χ0n) is 56.2. The monoisotopic (exact) mass is 1470 g/mol. The van der Waals surface area contributed by atoms with Gasteiger partial charge in [0, 0.05) is 80.5 Å². The summed E-state index contributed by atoms with van der Waals surface area (Å²) < 4.78 is 15.5. The van der Waals surface area contributed by atoms with E-state index in [0.717, 1.165) is 73.7 Å². The molecule has 0 atom stereocenters. The lowest BCUT2D eigenvalue weighted by Crippen LogP contribution is -3.00. The summed E-state index contributed by atoms with van der Waals surface area (Å²) in [4.78, 5) is 72.9. The molecule has 1 aliphatic heterocycles. The fourth-order valence-corrected chi connectivity index (χ4v) is 14.6. The van der Waals surface area contributed by atoms with E-state index in [9.17, 15) is 29.1 Å². The average molecular weight is 1470 g/mol. The van der Waals surface area contributed by atoms with E-state index in [4.69, 9.17) is 43.0 Å². The second kappa shape index (κ2) is 28.6. The minimum absolute atomic E-state index is 0. The summed E-state index contributed by atoms with van der Waals surface area (Å²) in [6, 6.07) is 21.6. The maximum absolute atomic E-state index is 13.0. The zero-order valence-corrected chi connectivity index (χ0v) is 59.8. The number of Topliss-reactive ketones (excluding diaryl/α,β-unsaturated/α-hetero) is 2. The highest BCUT2D eigenvalue weighted by atomic mass is 127. The fourth-order valence-electron chi connectivity index (χ4n) is 14.2. The molecule has 7 aromatic heterocycles. The Morgan fingerprint density at radius 3 is 1.34 bits per heavy atom. The number of ketones is 2. The Balaban J connectivity index is 0.000000143. The summed E-state index contributed by atoms with van der Waals surface area (Å²) in [5.74, 6) is 0.253. The third-order valence-corrected chi connectivity index (χ3v) is 19.9. The molecule has 0 unspecified atom stereocenters. The molecule has 0 bridgehead atoms. The van der Waals surface area contributed by atoms with Crippen LogP contribution in [0.25, 0.3) is 22.4 Å². The van der Waals surface area contributed by atoms with Crippen LogP contribution in [0, 0.1) is 38.9 Å². The molecule has 7 fully saturated rings. The number of aromatic nitrogens is 7. The number of halogens is 3. The van der Waals surface area contributed by atoms with Crippen LogP contribution in [-0.4, -0.2) is 129 Å². The third kappa shape index (κ3) is 16.0. The molecule has 0 aromatic carbocycles. The van der Waals surface area contributed by atoms with Gasteiger partial charge in [-0.1, -0.05) is 23.2 Å². The van der Waals surface area contributed by atoms with Crippen LogP contribution in [0.4, 0.5) is 17.1 Å². The number of carbonyl (C=O) groups excluding carboxylic acids is 5. The van der Waals surface area contributed by atoms with Crippen molar-refractivity contribution in [2.75, 3.05) is 16.0 Å². The van der Waals surface area contributed by atoms with E-state index in [0.29, 0.717) is 98.1 Å². The van der Waals surface area contributed by atoms with Crippen LogP contribution < -0.4 is 61.5 Å². The lowest BCUT2D eigenvalue weighted by Gasteiger charge is -2.56. The highest BCUT2D eigenvalue weighted by molar-refractivity contribution is 6.61. The molecule has 6 aliphatic carbocycles. The van der Waals surface area contributed by atoms with Gasteiger partial charge in [0.15, 0.2) is 0 Å². The first-order valence-electron chi connectivity index (χ1n) is 32.8. The number of pyridine rings is 3. The van der Waals surface area contributed by atoms with Gasteiger partial charge in [0.1, 0.15) is 34.0 Å². The van der Waals surface area contributed by atoms with Crippen molar-refractivity contribution in [2.45, 2.75) is 200 Å². The van der Waals surface area contributed by atoms with Crippen LogP contribution in [-0.2, 0) is 18.9 Å². The van der Waals surface area contributed by atoms with Crippen LogP contribution in [0.15, 0.2) is 85.6 Å². The van der Waals surface area contributed by atoms with Crippen molar-refractivity contribution in [3.8, 4) is 23.5 Å². The van der Waals surface area contributed by atoms with Gasteiger partial charge in [-0.25, -0.2) is 19.0 Å². The molecule has 27 heteroatoms. The number of fused-ring (bicyclic) bond motifs is 2. The standard InChI is InChI=1S/C24H24N6O2.C16H22ClN3O2.C16H20ClN3O2.C14H16BN3O2.HI/c1-14(2)28-20-6-21(22-4-3-17-5-15(11-25)12-27-30(17)22)26-13-19(20)23(32)29-16-7-24(8-16)9-18(31)10-24;2*1-9(2)19-13-3-14(17)18-8-12(13)15(22)20-10-4-16(5-10)6-11(21)7-16;1-13(2)14(3,4)20-15(19-13)12-6-5-11-7-10(8-16)9-17-18(11)12;/h3-6,12-14,16H,7-10H2,1-2H3,(H,26,28)(H,29,32);3,8-11,21H,4-7H2,1-2H3,(H,18,19)(H,20,22);3,8-10H,4-7H2,1-2H3,(H,18,19)(H,20,22);5-7,9H,1-4H3;1H/p-1. The van der Waals surface area contributed by atoms with E-state index < -0.39 is 7.12 Å². The van der Waals surface area contributed by atoms with Crippen molar-refractivity contribution in [1.29, 1.82) is 10.5 Å². The molecule has 6 saturated carbocycles. The van der Waals surface area contributed by atoms with Crippen molar-refractivity contribution in [3.63, 3.8) is 0 Å². The smallest absolute Gasteiger partial charge is 0.514 e. The van der Waals surface area contributed by atoms with Gasteiger partial charge in [-0.05, 0) is 191 Å². The molecule has 7 aliphatic rings. The molecule has 23 nitrogen and oxygen atoms in total. The highest BCUT2D eigenvalue weighted by Crippen LogP contribution is 2.57. The predicted octanol–water partition coefficient (Wildman–Crippen LogP) is 7.22. The predicted molar refractivity (Wildman–Crippen MR) is 366 cm³/mol. The van der Waals surface area contributed by atoms with E-state index in [2.05, 4.69) is 69.2 Å². The summed E-state index contributed by atoms with van der Waals surface area (Å²) >= 11 is 11.8. The van der Waals surface area contributed by atoms with E-state index in [1.54, 1.807) is 45.7 Å². The average Bonchev–Trinajstić information content (AvgIpc) is 1.35. The van der Waals surface area contributed by atoms with Gasteiger partial charge >= 0.3 is 7.12 Å². The van der Waals surface area contributed by atoms with Gasteiger partial charge in [0.2, 0.25) is 0 Å². The van der Waals surface area contributed by atoms with E-state index in [-0.39, 0.29) is 112 Å². The Hall–Kier alpha value is -7.79. The molecule has 510 valence electrons. The van der Waals surface area contributed by atoms with Crippen LogP contribution in [0.3, 0.4) is 0 Å². The molecular weight excluding hydrogens is 1390 g/mol. The number of nitriles is 2. The molecule has 1 saturated heterocycles. The molecule has 8 heterocycles. The van der Waals surface area contributed by atoms with E-state index in [1.807, 2.05) is 99.6 Å². The van der Waals surface area contributed by atoms with Crippen molar-refractivity contribution in [3.05, 3.63) is 124 Å². The summed E-state index contributed by atoms with van der Waals surface area (Å²) in [7, 11) is -0.456. The first-order valence-corrected chi connectivity index (χ1v) is 33.6. The van der Waals surface area contributed by atoms with Crippen LogP contribution >= 0.6 is 23.2 Å². The van der Waals surface area contributed by atoms with Crippen LogP contribution in [0.5, 0.6) is 0 Å². The normalized spacial score (nSPS) is 21.6. The van der Waals surface area contributed by atoms with Crippen molar-refractivity contribution < 1.29 is 62.4 Å². The number of nitrogens with zero attached hydrogens (tertiary/aromatic N) is 9. The number of aliphatic hydroxyl groups excluding tert-OH is 1. The molecule has 97 heavy (non-hydrogen) atoms. The van der Waals surface area contributed by atoms with E-state index >= 15 is 0 Å². The quantitative estimate of drug-likeness (QED) is 0.0321. The van der Waals surface area contributed by atoms with Gasteiger partial charge in [-0.3, -0.25) is 29.0 Å². The topological polar surface area (TPSA) is 317 Å². The number of carbonyl (C=O) groups is 5. The Morgan fingerprint density at radius 2 is 0.938 bits per heavy atom. The molecule has 3 spiro atoms. The Kier molecular flexibility index (Phi) is 21.2.